The second kappa shape index (κ2) is 14.5. The second-order valence-corrected chi connectivity index (χ2v) is 17.1. The van der Waals surface area contributed by atoms with Gasteiger partial charge in [0.2, 0.25) is 0 Å². The van der Waals surface area contributed by atoms with Crippen molar-refractivity contribution in [2.45, 2.75) is 126 Å². The smallest absolute Gasteiger partial charge is 0.137 e. The van der Waals surface area contributed by atoms with Gasteiger partial charge in [0.1, 0.15) is 17.3 Å². The SMILES string of the molecule is CCc1c(CSC2CCCCCC[C@@H]2SCc2cc(C(C)(C)C)cc(-c3ccco3)c2O)cc(C(C)(C)C)cc1-c1ccco1. The summed E-state index contributed by atoms with van der Waals surface area (Å²) < 4.78 is 11.7. The van der Waals surface area contributed by atoms with Crippen LogP contribution in [0.5, 0.6) is 5.75 Å². The highest BCUT2D eigenvalue weighted by atomic mass is 32.2. The summed E-state index contributed by atoms with van der Waals surface area (Å²) in [5.74, 6) is 3.86. The Morgan fingerprint density at radius 2 is 1.18 bits per heavy atom. The molecule has 4 aromatic rings. The number of phenolic OH excluding ortho intramolecular Hbond substituents is 1. The normalized spacial score (nSPS) is 18.1. The number of benzene rings is 2. The zero-order valence-electron chi connectivity index (χ0n) is 28.4. The average molecular weight is 645 g/mol. The Balaban J connectivity index is 1.41. The lowest BCUT2D eigenvalue weighted by Gasteiger charge is -2.30. The molecule has 2 aromatic carbocycles. The number of hydrogen-bond acceptors (Lipinski definition) is 5. The van der Waals surface area contributed by atoms with Gasteiger partial charge in [-0.2, -0.15) is 23.5 Å². The molecule has 5 rings (SSSR count). The van der Waals surface area contributed by atoms with Crippen molar-refractivity contribution in [3.05, 3.63) is 88.9 Å². The van der Waals surface area contributed by atoms with Crippen molar-refractivity contribution in [1.82, 2.24) is 0 Å². The highest BCUT2D eigenvalue weighted by molar-refractivity contribution is 8.03. The lowest BCUT2D eigenvalue weighted by Crippen LogP contribution is -2.23. The van der Waals surface area contributed by atoms with Gasteiger partial charge in [-0.25, -0.2) is 0 Å². The maximum atomic E-state index is 11.5. The lowest BCUT2D eigenvalue weighted by atomic mass is 9.83. The minimum Gasteiger partial charge on any atom is -0.507 e. The molecule has 1 aliphatic carbocycles. The largest absolute Gasteiger partial charge is 0.507 e. The molecule has 45 heavy (non-hydrogen) atoms. The third-order valence-corrected chi connectivity index (χ3v) is 12.4. The molecular weight excluding hydrogens is 593 g/mol. The molecule has 0 amide bonds. The van der Waals surface area contributed by atoms with Crippen LogP contribution in [0.1, 0.15) is 115 Å². The minimum atomic E-state index is -0.0276. The fourth-order valence-electron chi connectivity index (χ4n) is 6.41. The van der Waals surface area contributed by atoms with Gasteiger partial charge in [0.05, 0.1) is 18.1 Å². The first kappa shape index (κ1) is 33.9. The van der Waals surface area contributed by atoms with Gasteiger partial charge in [-0.05, 0) is 88.7 Å². The molecule has 0 bridgehead atoms. The molecule has 0 aliphatic heterocycles. The molecular formula is C40H52O3S2. The van der Waals surface area contributed by atoms with E-state index in [1.54, 1.807) is 12.5 Å². The lowest BCUT2D eigenvalue weighted by molar-refractivity contribution is 0.467. The second-order valence-electron chi connectivity index (χ2n) is 14.7. The van der Waals surface area contributed by atoms with Crippen molar-refractivity contribution in [2.24, 2.45) is 0 Å². The Hall–Kier alpha value is -2.50. The van der Waals surface area contributed by atoms with Crippen LogP contribution >= 0.6 is 23.5 Å². The molecule has 0 radical (unpaired) electrons. The van der Waals surface area contributed by atoms with Crippen LogP contribution < -0.4 is 0 Å². The number of furan rings is 2. The quantitative estimate of drug-likeness (QED) is 0.196. The number of phenols is 1. The third kappa shape index (κ3) is 8.27. The highest BCUT2D eigenvalue weighted by Gasteiger charge is 2.27. The van der Waals surface area contributed by atoms with E-state index in [1.807, 2.05) is 30.0 Å². The Kier molecular flexibility index (Phi) is 10.9. The fraction of sp³-hybridized carbons (Fsp3) is 0.500. The first-order valence-electron chi connectivity index (χ1n) is 16.8. The van der Waals surface area contributed by atoms with Crippen LogP contribution in [0.15, 0.2) is 69.9 Å². The van der Waals surface area contributed by atoms with Crippen LogP contribution in [0.25, 0.3) is 22.6 Å². The van der Waals surface area contributed by atoms with E-state index in [9.17, 15) is 5.11 Å². The average Bonchev–Trinajstić information content (AvgIpc) is 3.71. The van der Waals surface area contributed by atoms with E-state index < -0.39 is 0 Å². The Labute approximate surface area is 280 Å². The fourth-order valence-corrected chi connectivity index (χ4v) is 9.52. The van der Waals surface area contributed by atoms with Gasteiger partial charge < -0.3 is 13.9 Å². The molecule has 1 N–H and O–H groups in total. The van der Waals surface area contributed by atoms with Crippen LogP contribution in [0.3, 0.4) is 0 Å². The summed E-state index contributed by atoms with van der Waals surface area (Å²) in [6.45, 7) is 15.9. The van der Waals surface area contributed by atoms with E-state index >= 15 is 0 Å². The maximum Gasteiger partial charge on any atom is 0.137 e. The van der Waals surface area contributed by atoms with Gasteiger partial charge in [0, 0.05) is 33.1 Å². The summed E-state index contributed by atoms with van der Waals surface area (Å²) in [7, 11) is 0. The summed E-state index contributed by atoms with van der Waals surface area (Å²) in [5, 5.41) is 12.6. The number of aromatic hydroxyl groups is 1. The molecule has 1 fully saturated rings. The van der Waals surface area contributed by atoms with Gasteiger partial charge >= 0.3 is 0 Å². The molecule has 5 heteroatoms. The molecule has 242 valence electrons. The topological polar surface area (TPSA) is 46.5 Å². The maximum absolute atomic E-state index is 11.5. The van der Waals surface area contributed by atoms with Crippen LogP contribution in [-0.4, -0.2) is 15.6 Å². The summed E-state index contributed by atoms with van der Waals surface area (Å²) in [6.07, 6.45) is 12.2. The van der Waals surface area contributed by atoms with Crippen molar-refractivity contribution in [3.63, 3.8) is 0 Å². The summed E-state index contributed by atoms with van der Waals surface area (Å²) in [5.41, 5.74) is 8.54. The molecule has 0 saturated heterocycles. The summed E-state index contributed by atoms with van der Waals surface area (Å²) in [6, 6.07) is 17.1. The molecule has 1 saturated carbocycles. The van der Waals surface area contributed by atoms with Gasteiger partial charge in [0.25, 0.3) is 0 Å². The van der Waals surface area contributed by atoms with Crippen molar-refractivity contribution >= 4 is 23.5 Å². The molecule has 3 nitrogen and oxygen atoms in total. The Morgan fingerprint density at radius 3 is 1.67 bits per heavy atom. The Morgan fingerprint density at radius 1 is 0.689 bits per heavy atom. The molecule has 1 aliphatic rings. The zero-order chi connectivity index (χ0) is 32.2. The van der Waals surface area contributed by atoms with Crippen LogP contribution in [0.2, 0.25) is 0 Å². The van der Waals surface area contributed by atoms with Crippen LogP contribution in [-0.2, 0) is 28.8 Å². The van der Waals surface area contributed by atoms with E-state index in [4.69, 9.17) is 8.83 Å². The van der Waals surface area contributed by atoms with Crippen molar-refractivity contribution in [1.29, 1.82) is 0 Å². The molecule has 1 unspecified atom stereocenters. The van der Waals surface area contributed by atoms with E-state index in [0.717, 1.165) is 40.6 Å². The monoisotopic (exact) mass is 644 g/mol. The standard InChI is InChI=1S/C40H52O3S2/c1-8-31-27(21-29(39(2,3)4)23-32(31)34-15-13-19-42-34)25-44-36-17-11-9-10-12-18-37(36)45-26-28-22-30(40(5,6)7)24-33(38(28)41)35-16-14-20-43-35/h13-16,19-24,36-37,41H,8-12,17-18,25-26H2,1-7H3/t36?,37-/m0/s1. The first-order chi connectivity index (χ1) is 21.5. The summed E-state index contributed by atoms with van der Waals surface area (Å²) >= 11 is 4.20. The van der Waals surface area contributed by atoms with E-state index in [-0.39, 0.29) is 10.8 Å². The van der Waals surface area contributed by atoms with E-state index in [2.05, 4.69) is 90.6 Å². The van der Waals surface area contributed by atoms with E-state index in [0.29, 0.717) is 16.2 Å². The van der Waals surface area contributed by atoms with Crippen LogP contribution in [0, 0.1) is 0 Å². The first-order valence-corrected chi connectivity index (χ1v) is 18.9. The van der Waals surface area contributed by atoms with E-state index in [1.165, 1.54) is 66.3 Å². The Bertz CT molecular complexity index is 1520. The number of rotatable bonds is 9. The number of thioether (sulfide) groups is 2. The van der Waals surface area contributed by atoms with Gasteiger partial charge in [-0.15, -0.1) is 0 Å². The van der Waals surface area contributed by atoms with Crippen molar-refractivity contribution in [3.8, 4) is 28.4 Å². The van der Waals surface area contributed by atoms with Gasteiger partial charge in [-0.3, -0.25) is 0 Å². The molecule has 2 atom stereocenters. The zero-order valence-corrected chi connectivity index (χ0v) is 30.0. The van der Waals surface area contributed by atoms with Gasteiger partial charge in [-0.1, -0.05) is 86.3 Å². The minimum absolute atomic E-state index is 0.0276. The highest BCUT2D eigenvalue weighted by Crippen LogP contribution is 2.43. The molecule has 2 heterocycles. The molecule has 0 spiro atoms. The van der Waals surface area contributed by atoms with Crippen molar-refractivity contribution < 1.29 is 13.9 Å². The van der Waals surface area contributed by atoms with Crippen LogP contribution in [0.4, 0.5) is 0 Å². The van der Waals surface area contributed by atoms with Crippen molar-refractivity contribution in [2.75, 3.05) is 0 Å². The summed E-state index contributed by atoms with van der Waals surface area (Å²) in [4.78, 5) is 0. The van der Waals surface area contributed by atoms with Gasteiger partial charge in [0.15, 0.2) is 0 Å². The molecule has 2 aromatic heterocycles. The predicted octanol–water partition coefficient (Wildman–Crippen LogP) is 12.3. The third-order valence-electron chi connectivity index (χ3n) is 9.24. The number of hydrogen-bond donors (Lipinski definition) is 1. The predicted molar refractivity (Wildman–Crippen MR) is 195 cm³/mol.